The van der Waals surface area contributed by atoms with Gasteiger partial charge < -0.3 is 10.1 Å². The zero-order valence-electron chi connectivity index (χ0n) is 17.2. The monoisotopic (exact) mass is 427 g/mol. The lowest BCUT2D eigenvalue weighted by molar-refractivity contribution is 0.220. The molecule has 2 aromatic heterocycles. The van der Waals surface area contributed by atoms with E-state index in [-0.39, 0.29) is 0 Å². The minimum Gasteiger partial charge on any atom is -0.446 e. The van der Waals surface area contributed by atoms with E-state index in [1.807, 2.05) is 49.4 Å². The van der Waals surface area contributed by atoms with Crippen molar-refractivity contribution in [3.05, 3.63) is 89.2 Å². The number of rotatable bonds is 4. The van der Waals surface area contributed by atoms with Crippen molar-refractivity contribution in [2.24, 2.45) is 0 Å². The average molecular weight is 428 g/mol. The van der Waals surface area contributed by atoms with Crippen molar-refractivity contribution in [2.45, 2.75) is 31.0 Å². The number of hydrogen-bond acceptors (Lipinski definition) is 7. The molecule has 6 nitrogen and oxygen atoms in total. The summed E-state index contributed by atoms with van der Waals surface area (Å²) in [6.45, 7) is 4.05. The van der Waals surface area contributed by atoms with Gasteiger partial charge in [-0.1, -0.05) is 65.9 Å². The Morgan fingerprint density at radius 1 is 0.903 bits per heavy atom. The minimum absolute atomic E-state index is 0.451. The predicted molar refractivity (Wildman–Crippen MR) is 122 cm³/mol. The van der Waals surface area contributed by atoms with Gasteiger partial charge in [0.15, 0.2) is 5.69 Å². The Morgan fingerprint density at radius 2 is 1.74 bits per heavy atom. The molecule has 2 aromatic carbocycles. The highest BCUT2D eigenvalue weighted by Crippen LogP contribution is 2.39. The van der Waals surface area contributed by atoms with E-state index >= 15 is 0 Å². The number of nitrogens with one attached hydrogen (secondary N) is 1. The Kier molecular flexibility index (Phi) is 5.26. The quantitative estimate of drug-likeness (QED) is 0.440. The molecular formula is C24H21N5OS. The lowest BCUT2D eigenvalue weighted by Crippen LogP contribution is -2.18. The molecule has 1 aliphatic heterocycles. The van der Waals surface area contributed by atoms with Crippen LogP contribution in [0.4, 0.5) is 5.69 Å². The lowest BCUT2D eigenvalue weighted by Gasteiger charge is -2.18. The van der Waals surface area contributed by atoms with E-state index in [1.165, 1.54) is 22.9 Å². The van der Waals surface area contributed by atoms with Crippen molar-refractivity contribution in [3.8, 4) is 17.1 Å². The van der Waals surface area contributed by atoms with E-state index in [0.717, 1.165) is 28.4 Å². The third kappa shape index (κ3) is 4.22. The van der Waals surface area contributed by atoms with Gasteiger partial charge in [-0.05, 0) is 37.6 Å². The second-order valence-electron chi connectivity index (χ2n) is 7.41. The largest absolute Gasteiger partial charge is 0.446 e. The van der Waals surface area contributed by atoms with Crippen molar-refractivity contribution < 1.29 is 4.74 Å². The summed E-state index contributed by atoms with van der Waals surface area (Å²) in [6, 6.07) is 22.3. The number of ether oxygens (including phenoxy) is 1. The van der Waals surface area contributed by atoms with Crippen molar-refractivity contribution in [1.29, 1.82) is 0 Å². The van der Waals surface area contributed by atoms with Crippen LogP contribution in [0.15, 0.2) is 71.9 Å². The Labute approximate surface area is 185 Å². The fourth-order valence-electron chi connectivity index (χ4n) is 3.38. The van der Waals surface area contributed by atoms with Crippen LogP contribution in [0.3, 0.4) is 0 Å². The van der Waals surface area contributed by atoms with Gasteiger partial charge in [-0.3, -0.25) is 4.98 Å². The molecule has 0 bridgehead atoms. The summed E-state index contributed by atoms with van der Waals surface area (Å²) in [4.78, 5) is 9.34. The van der Waals surface area contributed by atoms with Crippen molar-refractivity contribution in [2.75, 3.05) is 5.32 Å². The second-order valence-corrected chi connectivity index (χ2v) is 8.36. The molecule has 1 atom stereocenters. The first kappa shape index (κ1) is 19.5. The maximum absolute atomic E-state index is 6.29. The number of pyridine rings is 1. The molecule has 0 spiro atoms. The highest BCUT2D eigenvalue weighted by Gasteiger charge is 2.26. The van der Waals surface area contributed by atoms with E-state index in [4.69, 9.17) is 9.72 Å². The van der Waals surface area contributed by atoms with E-state index in [9.17, 15) is 0 Å². The number of anilines is 1. The highest BCUT2D eigenvalue weighted by atomic mass is 32.2. The average Bonchev–Trinajstić information content (AvgIpc) is 2.95. The first-order valence-electron chi connectivity index (χ1n) is 10.0. The van der Waals surface area contributed by atoms with Crippen molar-refractivity contribution in [1.82, 2.24) is 20.2 Å². The van der Waals surface area contributed by atoms with Crippen LogP contribution in [0.2, 0.25) is 0 Å². The normalized spacial score (nSPS) is 14.6. The van der Waals surface area contributed by atoms with Gasteiger partial charge in [0, 0.05) is 22.7 Å². The molecule has 31 heavy (non-hydrogen) atoms. The van der Waals surface area contributed by atoms with Gasteiger partial charge in [-0.2, -0.15) is 4.98 Å². The summed E-state index contributed by atoms with van der Waals surface area (Å²) in [5.41, 5.74) is 6.60. The smallest absolute Gasteiger partial charge is 0.247 e. The van der Waals surface area contributed by atoms with Crippen LogP contribution < -0.4 is 10.1 Å². The number of para-hydroxylation sites is 1. The van der Waals surface area contributed by atoms with Gasteiger partial charge in [0.05, 0.1) is 0 Å². The summed E-state index contributed by atoms with van der Waals surface area (Å²) in [7, 11) is 0. The number of aromatic nitrogens is 4. The van der Waals surface area contributed by atoms with Gasteiger partial charge in [-0.25, -0.2) is 0 Å². The third-order valence-electron chi connectivity index (χ3n) is 5.00. The van der Waals surface area contributed by atoms with Crippen LogP contribution >= 0.6 is 11.8 Å². The molecule has 0 radical (unpaired) electrons. The molecule has 0 saturated carbocycles. The number of benzene rings is 2. The Hall–Kier alpha value is -3.45. The minimum atomic E-state index is -0.478. The van der Waals surface area contributed by atoms with Crippen molar-refractivity contribution in [3.63, 3.8) is 0 Å². The lowest BCUT2D eigenvalue weighted by atomic mass is 10.1. The van der Waals surface area contributed by atoms with Gasteiger partial charge in [-0.15, -0.1) is 10.2 Å². The number of fused-ring (bicyclic) bond motifs is 3. The Bertz CT molecular complexity index is 1230. The first-order valence-corrected chi connectivity index (χ1v) is 11.0. The summed E-state index contributed by atoms with van der Waals surface area (Å²) < 4.78 is 6.29. The van der Waals surface area contributed by atoms with Crippen LogP contribution in [0.25, 0.3) is 11.3 Å². The maximum Gasteiger partial charge on any atom is 0.247 e. The molecule has 0 unspecified atom stereocenters. The molecule has 1 N–H and O–H groups in total. The fourth-order valence-corrected chi connectivity index (χ4v) is 4.12. The second kappa shape index (κ2) is 8.35. The zero-order valence-corrected chi connectivity index (χ0v) is 18.1. The van der Waals surface area contributed by atoms with Crippen molar-refractivity contribution >= 4 is 17.4 Å². The number of thioether (sulfide) groups is 1. The van der Waals surface area contributed by atoms with Gasteiger partial charge >= 0.3 is 0 Å². The van der Waals surface area contributed by atoms with Crippen LogP contribution in [-0.2, 0) is 5.75 Å². The van der Waals surface area contributed by atoms with E-state index in [0.29, 0.717) is 16.7 Å². The molecule has 4 aromatic rings. The molecule has 7 heteroatoms. The molecule has 154 valence electrons. The third-order valence-corrected chi connectivity index (χ3v) is 5.91. The molecule has 0 fully saturated rings. The molecule has 0 amide bonds. The Balaban J connectivity index is 1.48. The SMILES string of the molecule is Cc1ccc(CSc2nnc3c(n2)O[C@H](c2cccc(C)n2)Nc2ccccc2-3)cc1. The number of aryl methyl sites for hydroxylation is 2. The van der Waals surface area contributed by atoms with Crippen LogP contribution in [0.1, 0.15) is 28.7 Å². The van der Waals surface area contributed by atoms with Gasteiger partial charge in [0.25, 0.3) is 0 Å². The van der Waals surface area contributed by atoms with Crippen LogP contribution in [0.5, 0.6) is 5.88 Å². The molecule has 0 saturated heterocycles. The molecule has 3 heterocycles. The number of nitrogens with zero attached hydrogens (tertiary/aromatic N) is 4. The summed E-state index contributed by atoms with van der Waals surface area (Å²) in [5, 5.41) is 12.8. The first-order chi connectivity index (χ1) is 15.2. The van der Waals surface area contributed by atoms with Gasteiger partial charge in [0.2, 0.25) is 17.3 Å². The Morgan fingerprint density at radius 3 is 2.58 bits per heavy atom. The van der Waals surface area contributed by atoms with Gasteiger partial charge in [0.1, 0.15) is 5.69 Å². The molecule has 0 aliphatic carbocycles. The summed E-state index contributed by atoms with van der Waals surface area (Å²) in [6.07, 6.45) is -0.478. The van der Waals surface area contributed by atoms with Crippen LogP contribution in [-0.4, -0.2) is 20.2 Å². The van der Waals surface area contributed by atoms with E-state index in [2.05, 4.69) is 51.7 Å². The predicted octanol–water partition coefficient (Wildman–Crippen LogP) is 5.35. The maximum atomic E-state index is 6.29. The topological polar surface area (TPSA) is 72.8 Å². The molecular weight excluding hydrogens is 406 g/mol. The standard InChI is InChI=1S/C24H21N5OS/c1-15-10-12-17(13-11-15)14-31-24-27-23-21(28-29-24)18-7-3-4-8-19(18)26-22(30-23)20-9-5-6-16(2)25-20/h3-13,22,26H,14H2,1-2H3/t22-/m1/s1. The number of hydrogen-bond donors (Lipinski definition) is 1. The summed E-state index contributed by atoms with van der Waals surface area (Å²) in [5.74, 6) is 1.21. The van der Waals surface area contributed by atoms with E-state index < -0.39 is 6.23 Å². The zero-order chi connectivity index (χ0) is 21.2. The fraction of sp³-hybridized carbons (Fsp3) is 0.167. The molecule has 5 rings (SSSR count). The molecule has 1 aliphatic rings. The summed E-state index contributed by atoms with van der Waals surface area (Å²) >= 11 is 1.54. The van der Waals surface area contributed by atoms with E-state index in [1.54, 1.807) is 0 Å². The van der Waals surface area contributed by atoms with Crippen LogP contribution in [0, 0.1) is 13.8 Å². The highest BCUT2D eigenvalue weighted by molar-refractivity contribution is 7.98.